The molecule has 8 heteroatoms. The monoisotopic (exact) mass is 444 g/mol. The molecule has 3 amide bonds. The Bertz CT molecular complexity index is 1130. The van der Waals surface area contributed by atoms with Crippen LogP contribution in [0.25, 0.3) is 0 Å². The Kier molecular flexibility index (Phi) is 6.94. The molecule has 0 atom stereocenters. The van der Waals surface area contributed by atoms with Crippen molar-refractivity contribution in [2.75, 3.05) is 23.3 Å². The van der Waals surface area contributed by atoms with Gasteiger partial charge in [-0.3, -0.25) is 19.4 Å². The van der Waals surface area contributed by atoms with Crippen molar-refractivity contribution in [2.24, 2.45) is 0 Å². The molecule has 168 valence electrons. The molecular weight excluding hydrogens is 420 g/mol. The number of nitrogens with one attached hydrogen (secondary N) is 2. The Hall–Kier alpha value is -4.20. The van der Waals surface area contributed by atoms with E-state index in [9.17, 15) is 14.4 Å². The number of aromatic nitrogens is 1. The van der Waals surface area contributed by atoms with Crippen LogP contribution in [0.3, 0.4) is 0 Å². The van der Waals surface area contributed by atoms with Crippen LogP contribution >= 0.6 is 0 Å². The Morgan fingerprint density at radius 3 is 2.61 bits per heavy atom. The number of rotatable bonds is 8. The first-order chi connectivity index (χ1) is 16.1. The first kappa shape index (κ1) is 22.0. The van der Waals surface area contributed by atoms with Gasteiger partial charge in [0.05, 0.1) is 12.2 Å². The fourth-order valence-electron chi connectivity index (χ4n) is 3.49. The van der Waals surface area contributed by atoms with Crippen molar-refractivity contribution in [2.45, 2.75) is 19.4 Å². The molecule has 33 heavy (non-hydrogen) atoms. The Labute approximate surface area is 191 Å². The van der Waals surface area contributed by atoms with Crippen molar-refractivity contribution in [3.63, 3.8) is 0 Å². The van der Waals surface area contributed by atoms with Crippen LogP contribution in [0.5, 0.6) is 5.75 Å². The molecule has 1 aliphatic heterocycles. The van der Waals surface area contributed by atoms with Crippen LogP contribution in [0.4, 0.5) is 11.4 Å². The summed E-state index contributed by atoms with van der Waals surface area (Å²) in [6.45, 7) is 0.836. The Morgan fingerprint density at radius 2 is 1.88 bits per heavy atom. The molecule has 4 rings (SSSR count). The lowest BCUT2D eigenvalue weighted by atomic mass is 10.2. The first-order valence-corrected chi connectivity index (χ1v) is 10.7. The first-order valence-electron chi connectivity index (χ1n) is 10.7. The molecule has 0 aliphatic carbocycles. The zero-order valence-electron chi connectivity index (χ0n) is 18.0. The number of carbonyl (C=O) groups is 3. The lowest BCUT2D eigenvalue weighted by molar-refractivity contribution is -0.117. The third-order valence-corrected chi connectivity index (χ3v) is 5.15. The van der Waals surface area contributed by atoms with E-state index in [1.807, 2.05) is 18.2 Å². The van der Waals surface area contributed by atoms with Crippen molar-refractivity contribution < 1.29 is 19.1 Å². The van der Waals surface area contributed by atoms with Crippen LogP contribution in [0.15, 0.2) is 72.9 Å². The van der Waals surface area contributed by atoms with Gasteiger partial charge in [0.1, 0.15) is 12.4 Å². The van der Waals surface area contributed by atoms with Crippen LogP contribution in [-0.4, -0.2) is 35.8 Å². The Morgan fingerprint density at radius 1 is 1.03 bits per heavy atom. The summed E-state index contributed by atoms with van der Waals surface area (Å²) in [6, 6.07) is 19.4. The average molecular weight is 444 g/mol. The van der Waals surface area contributed by atoms with Crippen LogP contribution < -0.4 is 20.3 Å². The van der Waals surface area contributed by atoms with Crippen LogP contribution in [-0.2, 0) is 16.2 Å². The van der Waals surface area contributed by atoms with Gasteiger partial charge >= 0.3 is 0 Å². The normalized spacial score (nSPS) is 13.0. The highest BCUT2D eigenvalue weighted by Crippen LogP contribution is 2.21. The third kappa shape index (κ3) is 5.94. The molecule has 2 N–H and O–H groups in total. The fourth-order valence-corrected chi connectivity index (χ4v) is 3.49. The number of amides is 3. The minimum Gasteiger partial charge on any atom is -0.487 e. The van der Waals surface area contributed by atoms with Crippen molar-refractivity contribution >= 4 is 29.1 Å². The molecular formula is C25H24N4O4. The number of hydrogen-bond acceptors (Lipinski definition) is 5. The van der Waals surface area contributed by atoms with E-state index in [4.69, 9.17) is 4.74 Å². The molecule has 1 aromatic heterocycles. The van der Waals surface area contributed by atoms with E-state index in [0.29, 0.717) is 36.6 Å². The van der Waals surface area contributed by atoms with Crippen molar-refractivity contribution in [3.8, 4) is 5.75 Å². The van der Waals surface area contributed by atoms with Crippen molar-refractivity contribution in [3.05, 3.63) is 84.2 Å². The number of carbonyl (C=O) groups excluding carboxylic acids is 3. The minimum absolute atomic E-state index is 0.0927. The van der Waals surface area contributed by atoms with E-state index in [1.54, 1.807) is 59.6 Å². The van der Waals surface area contributed by atoms with Gasteiger partial charge in [-0.25, -0.2) is 0 Å². The second kappa shape index (κ2) is 10.4. The molecule has 0 radical (unpaired) electrons. The fraction of sp³-hybridized carbons (Fsp3) is 0.200. The summed E-state index contributed by atoms with van der Waals surface area (Å²) in [5.41, 5.74) is 2.56. The lowest BCUT2D eigenvalue weighted by Crippen LogP contribution is -2.32. The molecule has 2 aromatic carbocycles. The molecule has 8 nitrogen and oxygen atoms in total. The zero-order valence-corrected chi connectivity index (χ0v) is 18.0. The number of anilines is 2. The summed E-state index contributed by atoms with van der Waals surface area (Å²) in [4.78, 5) is 42.4. The van der Waals surface area contributed by atoms with Crippen molar-refractivity contribution in [1.82, 2.24) is 10.3 Å². The van der Waals surface area contributed by atoms with Gasteiger partial charge in [-0.05, 0) is 55.0 Å². The maximum Gasteiger partial charge on any atom is 0.251 e. The molecule has 1 aliphatic rings. The van der Waals surface area contributed by atoms with Crippen LogP contribution in [0.2, 0.25) is 0 Å². The van der Waals surface area contributed by atoms with Crippen LogP contribution in [0, 0.1) is 0 Å². The standard InChI is InChI=1S/C25H24N4O4/c30-23(28-19-6-3-7-22(15-19)33-17-20-5-1-2-13-26-20)16-27-25(32)18-9-11-21(12-10-18)29-14-4-8-24(29)31/h1-3,5-7,9-13,15H,4,8,14,16-17H2,(H,27,32)(H,28,30). The second-order valence-corrected chi connectivity index (χ2v) is 7.56. The van der Waals surface area contributed by atoms with Crippen LogP contribution in [0.1, 0.15) is 28.9 Å². The highest BCUT2D eigenvalue weighted by molar-refractivity contribution is 6.00. The average Bonchev–Trinajstić information content (AvgIpc) is 3.28. The summed E-state index contributed by atoms with van der Waals surface area (Å²) in [6.07, 6.45) is 3.10. The zero-order chi connectivity index (χ0) is 23.0. The minimum atomic E-state index is -0.364. The highest BCUT2D eigenvalue weighted by Gasteiger charge is 2.21. The molecule has 0 bridgehead atoms. The molecule has 0 unspecified atom stereocenters. The molecule has 1 saturated heterocycles. The van der Waals surface area contributed by atoms with Crippen molar-refractivity contribution in [1.29, 1.82) is 0 Å². The summed E-state index contributed by atoms with van der Waals surface area (Å²) < 4.78 is 5.72. The molecule has 0 spiro atoms. The van der Waals surface area contributed by atoms with Gasteiger partial charge in [0.25, 0.3) is 5.91 Å². The van der Waals surface area contributed by atoms with Gasteiger partial charge in [-0.1, -0.05) is 12.1 Å². The predicted molar refractivity (Wildman–Crippen MR) is 124 cm³/mol. The highest BCUT2D eigenvalue weighted by atomic mass is 16.5. The molecule has 1 fully saturated rings. The summed E-state index contributed by atoms with van der Waals surface area (Å²) in [7, 11) is 0. The number of ether oxygens (including phenoxy) is 1. The van der Waals surface area contributed by atoms with E-state index in [0.717, 1.165) is 17.8 Å². The van der Waals surface area contributed by atoms with E-state index in [1.165, 1.54) is 0 Å². The maximum absolute atomic E-state index is 12.4. The van der Waals surface area contributed by atoms with E-state index >= 15 is 0 Å². The van der Waals surface area contributed by atoms with Gasteiger partial charge in [0.2, 0.25) is 11.8 Å². The van der Waals surface area contributed by atoms with E-state index in [-0.39, 0.29) is 24.3 Å². The summed E-state index contributed by atoms with van der Waals surface area (Å²) >= 11 is 0. The second-order valence-electron chi connectivity index (χ2n) is 7.56. The summed E-state index contributed by atoms with van der Waals surface area (Å²) in [5, 5.41) is 5.35. The number of benzene rings is 2. The maximum atomic E-state index is 12.4. The molecule has 3 aromatic rings. The number of nitrogens with zero attached hydrogens (tertiary/aromatic N) is 2. The van der Waals surface area contributed by atoms with E-state index < -0.39 is 0 Å². The molecule has 0 saturated carbocycles. The molecule has 2 heterocycles. The number of hydrogen-bond donors (Lipinski definition) is 2. The Balaban J connectivity index is 1.26. The van der Waals surface area contributed by atoms with Gasteiger partial charge in [-0.2, -0.15) is 0 Å². The quantitative estimate of drug-likeness (QED) is 0.556. The largest absolute Gasteiger partial charge is 0.487 e. The number of pyridine rings is 1. The lowest BCUT2D eigenvalue weighted by Gasteiger charge is -2.15. The third-order valence-electron chi connectivity index (χ3n) is 5.15. The van der Waals surface area contributed by atoms with Gasteiger partial charge in [0, 0.05) is 42.2 Å². The SMILES string of the molecule is O=C(CNC(=O)c1ccc(N2CCCC2=O)cc1)Nc1cccc(OCc2ccccn2)c1. The van der Waals surface area contributed by atoms with E-state index in [2.05, 4.69) is 15.6 Å². The van der Waals surface area contributed by atoms with Gasteiger partial charge in [0.15, 0.2) is 0 Å². The summed E-state index contributed by atoms with van der Waals surface area (Å²) in [5.74, 6) is -0.0319. The predicted octanol–water partition coefficient (Wildman–Crippen LogP) is 3.16. The van der Waals surface area contributed by atoms with Gasteiger partial charge < -0.3 is 20.3 Å². The smallest absolute Gasteiger partial charge is 0.251 e. The van der Waals surface area contributed by atoms with Gasteiger partial charge in [-0.15, -0.1) is 0 Å². The topological polar surface area (TPSA) is 101 Å².